The lowest BCUT2D eigenvalue weighted by Crippen LogP contribution is -2.46. The lowest BCUT2D eigenvalue weighted by atomic mass is 10.2. The van der Waals surface area contributed by atoms with E-state index in [1.165, 1.54) is 11.3 Å². The van der Waals surface area contributed by atoms with Crippen molar-refractivity contribution in [2.45, 2.75) is 31.7 Å². The normalized spacial score (nSPS) is 12.0. The summed E-state index contributed by atoms with van der Waals surface area (Å²) in [6.07, 6.45) is 0. The molecule has 0 aliphatic rings. The number of thiol groups is 1. The Bertz CT molecular complexity index is 427. The van der Waals surface area contributed by atoms with Crippen molar-refractivity contribution in [1.82, 2.24) is 10.2 Å². The van der Waals surface area contributed by atoms with Crippen molar-refractivity contribution in [2.75, 3.05) is 13.1 Å². The zero-order valence-electron chi connectivity index (χ0n) is 10.8. The van der Waals surface area contributed by atoms with Crippen molar-refractivity contribution >= 4 is 35.8 Å². The minimum atomic E-state index is -0.511. The molecule has 0 aliphatic heterocycles. The van der Waals surface area contributed by atoms with E-state index in [1.807, 2.05) is 13.8 Å². The van der Waals surface area contributed by atoms with E-state index in [4.69, 9.17) is 0 Å². The third-order valence-electron chi connectivity index (χ3n) is 2.60. The van der Waals surface area contributed by atoms with Crippen molar-refractivity contribution in [3.8, 4) is 0 Å². The minimum Gasteiger partial charge on any atom is -0.341 e. The average molecular weight is 286 g/mol. The molecule has 18 heavy (non-hydrogen) atoms. The van der Waals surface area contributed by atoms with Crippen LogP contribution in [0.3, 0.4) is 0 Å². The zero-order chi connectivity index (χ0) is 13.7. The molecule has 1 aromatic rings. The number of carbonyl (C=O) groups is 2. The molecule has 1 N–H and O–H groups in total. The molecule has 0 aromatic carbocycles. The van der Waals surface area contributed by atoms with Gasteiger partial charge in [0, 0.05) is 23.4 Å². The van der Waals surface area contributed by atoms with Gasteiger partial charge in [0.15, 0.2) is 0 Å². The summed E-state index contributed by atoms with van der Waals surface area (Å²) < 4.78 is 0. The maximum Gasteiger partial charge on any atom is 0.262 e. The summed E-state index contributed by atoms with van der Waals surface area (Å²) in [6.45, 7) is 6.84. The SMILES string of the molecule is CCN(CC)C(=O)C(C)NC(=O)c1cc(S)cs1. The number of likely N-dealkylation sites (N-methyl/N-ethyl adjacent to an activating group) is 1. The predicted octanol–water partition coefficient (Wildman–Crippen LogP) is 2.02. The molecule has 100 valence electrons. The standard InChI is InChI=1S/C12H18N2O2S2/c1-4-14(5-2)12(16)8(3)13-11(15)10-6-9(17)7-18-10/h6-8,17H,4-5H2,1-3H3,(H,13,15). The third-order valence-corrected chi connectivity index (χ3v) is 3.96. The van der Waals surface area contributed by atoms with Gasteiger partial charge in [0.05, 0.1) is 4.88 Å². The Hall–Kier alpha value is -1.01. The van der Waals surface area contributed by atoms with Crippen LogP contribution >= 0.6 is 24.0 Å². The molecule has 1 rings (SSSR count). The van der Waals surface area contributed by atoms with E-state index < -0.39 is 6.04 Å². The Kier molecular flexibility index (Phi) is 5.68. The molecular weight excluding hydrogens is 268 g/mol. The number of amides is 2. The van der Waals surface area contributed by atoms with Gasteiger partial charge in [0.2, 0.25) is 5.91 Å². The first-order valence-corrected chi connectivity index (χ1v) is 7.19. The molecule has 0 saturated heterocycles. The molecule has 1 aromatic heterocycles. The van der Waals surface area contributed by atoms with E-state index in [0.29, 0.717) is 18.0 Å². The molecule has 2 amide bonds. The Labute approximate surface area is 117 Å². The summed E-state index contributed by atoms with van der Waals surface area (Å²) in [5.41, 5.74) is 0. The molecule has 4 nitrogen and oxygen atoms in total. The highest BCUT2D eigenvalue weighted by molar-refractivity contribution is 7.80. The number of thiophene rings is 1. The van der Waals surface area contributed by atoms with Gasteiger partial charge in [-0.15, -0.1) is 24.0 Å². The summed E-state index contributed by atoms with van der Waals surface area (Å²) in [7, 11) is 0. The van der Waals surface area contributed by atoms with Crippen LogP contribution in [0.1, 0.15) is 30.4 Å². The fourth-order valence-corrected chi connectivity index (χ4v) is 2.64. The molecule has 0 bridgehead atoms. The van der Waals surface area contributed by atoms with Crippen molar-refractivity contribution in [3.05, 3.63) is 16.3 Å². The van der Waals surface area contributed by atoms with Crippen molar-refractivity contribution in [1.29, 1.82) is 0 Å². The van der Waals surface area contributed by atoms with E-state index in [1.54, 1.807) is 23.3 Å². The molecule has 0 fully saturated rings. The molecule has 0 saturated carbocycles. The molecule has 0 spiro atoms. The largest absolute Gasteiger partial charge is 0.341 e. The van der Waals surface area contributed by atoms with Crippen molar-refractivity contribution < 1.29 is 9.59 Å². The number of nitrogens with zero attached hydrogens (tertiary/aromatic N) is 1. The van der Waals surface area contributed by atoms with Crippen LogP contribution in [0.2, 0.25) is 0 Å². The highest BCUT2D eigenvalue weighted by atomic mass is 32.1. The van der Waals surface area contributed by atoms with Crippen LogP contribution in [0.25, 0.3) is 0 Å². The van der Waals surface area contributed by atoms with Crippen LogP contribution < -0.4 is 5.32 Å². The quantitative estimate of drug-likeness (QED) is 0.814. The van der Waals surface area contributed by atoms with Gasteiger partial charge < -0.3 is 10.2 Å². The van der Waals surface area contributed by atoms with E-state index in [9.17, 15) is 9.59 Å². The van der Waals surface area contributed by atoms with Crippen LogP contribution in [-0.2, 0) is 4.79 Å². The van der Waals surface area contributed by atoms with Crippen molar-refractivity contribution in [3.63, 3.8) is 0 Å². The van der Waals surface area contributed by atoms with Gasteiger partial charge in [-0.05, 0) is 26.8 Å². The van der Waals surface area contributed by atoms with E-state index in [-0.39, 0.29) is 11.8 Å². The molecular formula is C12H18N2O2S2. The van der Waals surface area contributed by atoms with Crippen LogP contribution in [0.15, 0.2) is 16.3 Å². The second-order valence-corrected chi connectivity index (χ2v) is 5.30. The molecule has 1 unspecified atom stereocenters. The van der Waals surface area contributed by atoms with E-state index in [2.05, 4.69) is 17.9 Å². The second kappa shape index (κ2) is 6.80. The number of rotatable bonds is 5. The Morgan fingerprint density at radius 3 is 2.50 bits per heavy atom. The van der Waals surface area contributed by atoms with Gasteiger partial charge in [-0.1, -0.05) is 0 Å². The van der Waals surface area contributed by atoms with Crippen LogP contribution in [0.5, 0.6) is 0 Å². The second-order valence-electron chi connectivity index (χ2n) is 3.87. The highest BCUT2D eigenvalue weighted by Gasteiger charge is 2.20. The minimum absolute atomic E-state index is 0.0593. The van der Waals surface area contributed by atoms with E-state index >= 15 is 0 Å². The number of nitrogens with one attached hydrogen (secondary N) is 1. The predicted molar refractivity (Wildman–Crippen MR) is 76.4 cm³/mol. The summed E-state index contributed by atoms with van der Waals surface area (Å²) in [5, 5.41) is 4.49. The smallest absolute Gasteiger partial charge is 0.262 e. The fourth-order valence-electron chi connectivity index (χ4n) is 1.58. The molecule has 1 heterocycles. The number of carbonyl (C=O) groups excluding carboxylic acids is 2. The van der Waals surface area contributed by atoms with Crippen LogP contribution in [0.4, 0.5) is 0 Å². The lowest BCUT2D eigenvalue weighted by molar-refractivity contribution is -0.132. The zero-order valence-corrected chi connectivity index (χ0v) is 12.5. The topological polar surface area (TPSA) is 49.4 Å². The maximum atomic E-state index is 12.0. The highest BCUT2D eigenvalue weighted by Crippen LogP contribution is 2.17. The molecule has 6 heteroatoms. The van der Waals surface area contributed by atoms with Gasteiger partial charge in [0.1, 0.15) is 6.04 Å². The fraction of sp³-hybridized carbons (Fsp3) is 0.500. The average Bonchev–Trinajstić information content (AvgIpc) is 2.77. The number of hydrogen-bond acceptors (Lipinski definition) is 4. The summed E-state index contributed by atoms with van der Waals surface area (Å²) in [6, 6.07) is 1.18. The van der Waals surface area contributed by atoms with Gasteiger partial charge in [-0.3, -0.25) is 9.59 Å². The first kappa shape index (κ1) is 15.0. The maximum absolute atomic E-state index is 12.0. The Balaban J connectivity index is 2.62. The van der Waals surface area contributed by atoms with Gasteiger partial charge in [-0.25, -0.2) is 0 Å². The monoisotopic (exact) mass is 286 g/mol. The molecule has 0 aliphatic carbocycles. The first-order valence-electron chi connectivity index (χ1n) is 5.86. The van der Waals surface area contributed by atoms with Gasteiger partial charge in [0.25, 0.3) is 5.91 Å². The Morgan fingerprint density at radius 1 is 1.44 bits per heavy atom. The summed E-state index contributed by atoms with van der Waals surface area (Å²) in [4.78, 5) is 26.9. The van der Waals surface area contributed by atoms with Crippen LogP contribution in [-0.4, -0.2) is 35.8 Å². The lowest BCUT2D eigenvalue weighted by Gasteiger charge is -2.23. The van der Waals surface area contributed by atoms with Gasteiger partial charge >= 0.3 is 0 Å². The van der Waals surface area contributed by atoms with Crippen molar-refractivity contribution in [2.24, 2.45) is 0 Å². The molecule has 0 radical (unpaired) electrons. The summed E-state index contributed by atoms with van der Waals surface area (Å²) >= 11 is 5.47. The van der Waals surface area contributed by atoms with E-state index in [0.717, 1.165) is 4.90 Å². The molecule has 1 atom stereocenters. The summed E-state index contributed by atoms with van der Waals surface area (Å²) in [5.74, 6) is -0.288. The van der Waals surface area contributed by atoms with Gasteiger partial charge in [-0.2, -0.15) is 0 Å². The van der Waals surface area contributed by atoms with Crippen LogP contribution in [0, 0.1) is 0 Å². The Morgan fingerprint density at radius 2 is 2.06 bits per heavy atom. The first-order chi connectivity index (χ1) is 8.49. The third kappa shape index (κ3) is 3.74. The number of hydrogen-bond donors (Lipinski definition) is 2.